The monoisotopic (exact) mass is 419 g/mol. The molecule has 11 heteroatoms. The van der Waals surface area contributed by atoms with E-state index in [4.69, 9.17) is 5.73 Å². The maximum Gasteiger partial charge on any atom is 0.273 e. The Morgan fingerprint density at radius 2 is 1.83 bits per heavy atom. The van der Waals surface area contributed by atoms with E-state index in [2.05, 4.69) is 15.4 Å². The van der Waals surface area contributed by atoms with Gasteiger partial charge in [0.05, 0.1) is 15.9 Å². The molecule has 0 fully saturated rings. The highest BCUT2D eigenvalue weighted by Gasteiger charge is 2.35. The summed E-state index contributed by atoms with van der Waals surface area (Å²) >= 11 is 0.962. The summed E-state index contributed by atoms with van der Waals surface area (Å²) in [7, 11) is 0. The Hall–Kier alpha value is -3.47. The van der Waals surface area contributed by atoms with Gasteiger partial charge >= 0.3 is 0 Å². The number of carbonyl (C=O) groups excluding carboxylic acids is 2. The predicted octanol–water partition coefficient (Wildman–Crippen LogP) is 2.77. The number of amides is 2. The van der Waals surface area contributed by atoms with E-state index in [1.54, 1.807) is 0 Å². The summed E-state index contributed by atoms with van der Waals surface area (Å²) in [6.45, 7) is 0. The number of halogens is 3. The van der Waals surface area contributed by atoms with E-state index >= 15 is 0 Å². The first-order valence-electron chi connectivity index (χ1n) is 8.30. The van der Waals surface area contributed by atoms with Gasteiger partial charge in [-0.05, 0) is 30.3 Å². The first-order chi connectivity index (χ1) is 13.8. The molecule has 0 saturated carbocycles. The molecule has 1 aromatic heterocycles. The number of hydrazone groups is 1. The number of nitrogens with zero attached hydrogens (tertiary/aromatic N) is 3. The summed E-state index contributed by atoms with van der Waals surface area (Å²) in [5.41, 5.74) is 6.01. The SMILES string of the molecule is NC(=O)C1CC(C(=O)Nc2nc3cc(F)c(F)cc3s2)=NN1c1ccc(F)cc1. The Morgan fingerprint density at radius 3 is 2.52 bits per heavy atom. The maximum atomic E-state index is 13.3. The number of thiazole rings is 1. The number of fused-ring (bicyclic) bond motifs is 1. The van der Waals surface area contributed by atoms with Crippen LogP contribution in [0.3, 0.4) is 0 Å². The van der Waals surface area contributed by atoms with E-state index in [1.807, 2.05) is 0 Å². The van der Waals surface area contributed by atoms with Gasteiger partial charge < -0.3 is 5.73 Å². The van der Waals surface area contributed by atoms with Gasteiger partial charge in [0.2, 0.25) is 5.91 Å². The van der Waals surface area contributed by atoms with Crippen molar-refractivity contribution >= 4 is 49.9 Å². The molecule has 7 nitrogen and oxygen atoms in total. The number of benzene rings is 2. The molecular weight excluding hydrogens is 407 g/mol. The highest BCUT2D eigenvalue weighted by molar-refractivity contribution is 7.22. The van der Waals surface area contributed by atoms with Crippen LogP contribution < -0.4 is 16.1 Å². The summed E-state index contributed by atoms with van der Waals surface area (Å²) in [4.78, 5) is 28.4. The van der Waals surface area contributed by atoms with Gasteiger partial charge in [-0.15, -0.1) is 0 Å². The van der Waals surface area contributed by atoms with Crippen LogP contribution in [-0.4, -0.2) is 28.6 Å². The van der Waals surface area contributed by atoms with Crippen molar-refractivity contribution in [3.63, 3.8) is 0 Å². The third kappa shape index (κ3) is 3.63. The number of anilines is 2. The van der Waals surface area contributed by atoms with E-state index in [-0.39, 0.29) is 22.8 Å². The standard InChI is InChI=1S/C18H12F3N5O2S/c19-8-1-3-9(4-2-8)26-14(16(22)27)7-13(25-26)17(28)24-18-23-12-5-10(20)11(21)6-15(12)29-18/h1-6,14H,7H2,(H2,22,27)(H,23,24,28). The smallest absolute Gasteiger partial charge is 0.273 e. The Labute approximate surface area is 165 Å². The normalized spacial score (nSPS) is 16.2. The fraction of sp³-hybridized carbons (Fsp3) is 0.111. The van der Waals surface area contributed by atoms with Crippen molar-refractivity contribution in [1.82, 2.24) is 4.98 Å². The van der Waals surface area contributed by atoms with Gasteiger partial charge in [0.15, 0.2) is 16.8 Å². The number of nitrogens with two attached hydrogens (primary N) is 1. The molecule has 0 bridgehead atoms. The van der Waals surface area contributed by atoms with Crippen LogP contribution in [0.15, 0.2) is 41.5 Å². The Morgan fingerprint density at radius 1 is 1.14 bits per heavy atom. The second-order valence-electron chi connectivity index (χ2n) is 6.20. The van der Waals surface area contributed by atoms with E-state index in [1.165, 1.54) is 29.3 Å². The molecule has 3 aromatic rings. The average molecular weight is 419 g/mol. The largest absolute Gasteiger partial charge is 0.368 e. The Kier molecular flexibility index (Phi) is 4.66. The van der Waals surface area contributed by atoms with Gasteiger partial charge in [-0.3, -0.25) is 19.9 Å². The lowest BCUT2D eigenvalue weighted by atomic mass is 10.1. The molecular formula is C18H12F3N5O2S. The zero-order valence-electron chi connectivity index (χ0n) is 14.5. The zero-order chi connectivity index (χ0) is 20.7. The van der Waals surface area contributed by atoms with Crippen molar-refractivity contribution in [1.29, 1.82) is 0 Å². The van der Waals surface area contributed by atoms with E-state index < -0.39 is 35.3 Å². The van der Waals surface area contributed by atoms with Crippen molar-refractivity contribution in [3.8, 4) is 0 Å². The minimum Gasteiger partial charge on any atom is -0.368 e. The third-order valence-corrected chi connectivity index (χ3v) is 5.18. The third-order valence-electron chi connectivity index (χ3n) is 4.24. The Bertz CT molecular complexity index is 1120. The van der Waals surface area contributed by atoms with Crippen LogP contribution in [0.2, 0.25) is 0 Å². The summed E-state index contributed by atoms with van der Waals surface area (Å²) < 4.78 is 40.2. The summed E-state index contributed by atoms with van der Waals surface area (Å²) in [6.07, 6.45) is -0.0628. The second-order valence-corrected chi connectivity index (χ2v) is 7.23. The first kappa shape index (κ1) is 18.9. The van der Waals surface area contributed by atoms with Gasteiger partial charge in [0.1, 0.15) is 17.6 Å². The average Bonchev–Trinajstić information content (AvgIpc) is 3.27. The number of rotatable bonds is 4. The van der Waals surface area contributed by atoms with E-state index in [0.29, 0.717) is 10.4 Å². The molecule has 4 rings (SSSR count). The van der Waals surface area contributed by atoms with Gasteiger partial charge in [0, 0.05) is 12.5 Å². The van der Waals surface area contributed by atoms with Crippen molar-refractivity contribution in [2.45, 2.75) is 12.5 Å². The van der Waals surface area contributed by atoms with Crippen LogP contribution in [0.1, 0.15) is 6.42 Å². The van der Waals surface area contributed by atoms with Crippen LogP contribution in [-0.2, 0) is 9.59 Å². The van der Waals surface area contributed by atoms with Crippen molar-refractivity contribution in [2.24, 2.45) is 10.8 Å². The molecule has 0 saturated heterocycles. The van der Waals surface area contributed by atoms with E-state index in [0.717, 1.165) is 23.5 Å². The molecule has 2 heterocycles. The van der Waals surface area contributed by atoms with Crippen molar-refractivity contribution in [3.05, 3.63) is 53.8 Å². The molecule has 148 valence electrons. The van der Waals surface area contributed by atoms with Gasteiger partial charge in [-0.2, -0.15) is 5.10 Å². The molecule has 0 aliphatic carbocycles. The molecule has 3 N–H and O–H groups in total. The quantitative estimate of drug-likeness (QED) is 0.679. The van der Waals surface area contributed by atoms with Crippen LogP contribution >= 0.6 is 11.3 Å². The van der Waals surface area contributed by atoms with Crippen molar-refractivity contribution in [2.75, 3.05) is 10.3 Å². The molecule has 2 amide bonds. The summed E-state index contributed by atoms with van der Waals surface area (Å²) in [6, 6.07) is 6.22. The minimum atomic E-state index is -1.04. The molecule has 1 unspecified atom stereocenters. The second kappa shape index (κ2) is 7.17. The number of aromatic nitrogens is 1. The van der Waals surface area contributed by atoms with Crippen LogP contribution in [0.5, 0.6) is 0 Å². The number of nitrogens with one attached hydrogen (secondary N) is 1. The molecule has 1 aliphatic heterocycles. The van der Waals surface area contributed by atoms with Crippen LogP contribution in [0, 0.1) is 17.5 Å². The molecule has 1 aliphatic rings. The van der Waals surface area contributed by atoms with Gasteiger partial charge in [0.25, 0.3) is 5.91 Å². The lowest BCUT2D eigenvalue weighted by Gasteiger charge is -2.20. The van der Waals surface area contributed by atoms with Crippen LogP contribution in [0.25, 0.3) is 10.2 Å². The molecule has 2 aromatic carbocycles. The zero-order valence-corrected chi connectivity index (χ0v) is 15.3. The molecule has 0 radical (unpaired) electrons. The summed E-state index contributed by atoms with van der Waals surface area (Å²) in [5, 5.41) is 8.02. The number of hydrogen-bond acceptors (Lipinski definition) is 6. The van der Waals surface area contributed by atoms with Crippen molar-refractivity contribution < 1.29 is 22.8 Å². The summed E-state index contributed by atoms with van der Waals surface area (Å²) in [5.74, 6) is -3.86. The fourth-order valence-corrected chi connectivity index (χ4v) is 3.71. The first-order valence-corrected chi connectivity index (χ1v) is 9.12. The lowest BCUT2D eigenvalue weighted by Crippen LogP contribution is -2.39. The highest BCUT2D eigenvalue weighted by Crippen LogP contribution is 2.29. The minimum absolute atomic E-state index is 0.00902. The number of hydrogen-bond donors (Lipinski definition) is 2. The fourth-order valence-electron chi connectivity index (χ4n) is 2.85. The maximum absolute atomic E-state index is 13.3. The number of carbonyl (C=O) groups is 2. The predicted molar refractivity (Wildman–Crippen MR) is 102 cm³/mol. The van der Waals surface area contributed by atoms with Gasteiger partial charge in [-0.1, -0.05) is 11.3 Å². The van der Waals surface area contributed by atoms with E-state index in [9.17, 15) is 22.8 Å². The van der Waals surface area contributed by atoms with Crippen LogP contribution in [0.4, 0.5) is 24.0 Å². The van der Waals surface area contributed by atoms with Gasteiger partial charge in [-0.25, -0.2) is 18.2 Å². The molecule has 0 spiro atoms. The number of primary amides is 1. The molecule has 29 heavy (non-hydrogen) atoms. The molecule has 1 atom stereocenters. The topological polar surface area (TPSA) is 101 Å². The highest BCUT2D eigenvalue weighted by atomic mass is 32.1. The Balaban J connectivity index is 1.58. The lowest BCUT2D eigenvalue weighted by molar-refractivity contribution is -0.119.